The molecule has 0 spiro atoms. The van der Waals surface area contributed by atoms with Crippen LogP contribution in [-0.2, 0) is 4.74 Å². The first kappa shape index (κ1) is 28.3. The van der Waals surface area contributed by atoms with E-state index in [0.29, 0.717) is 50.0 Å². The number of benzene rings is 1. The lowest BCUT2D eigenvalue weighted by Crippen LogP contribution is -2.61. The van der Waals surface area contributed by atoms with Gasteiger partial charge in [-0.3, -0.25) is 4.98 Å². The predicted octanol–water partition coefficient (Wildman–Crippen LogP) is 4.13. The Kier molecular flexibility index (Phi) is 8.18. The van der Waals surface area contributed by atoms with Crippen LogP contribution in [-0.4, -0.2) is 70.6 Å². The number of halogens is 2. The van der Waals surface area contributed by atoms with Crippen molar-refractivity contribution < 1.29 is 18.3 Å². The zero-order chi connectivity index (χ0) is 29.2. The van der Waals surface area contributed by atoms with Crippen LogP contribution in [0.5, 0.6) is 5.75 Å². The van der Waals surface area contributed by atoms with E-state index in [1.807, 2.05) is 6.07 Å². The Morgan fingerprint density at radius 1 is 1.10 bits per heavy atom. The number of hydrogen-bond donors (Lipinski definition) is 3. The monoisotopic (exact) mass is 578 g/mol. The van der Waals surface area contributed by atoms with Gasteiger partial charge in [0.15, 0.2) is 0 Å². The molecule has 0 radical (unpaired) electrons. The van der Waals surface area contributed by atoms with E-state index in [4.69, 9.17) is 15.2 Å². The van der Waals surface area contributed by atoms with Crippen molar-refractivity contribution in [3.05, 3.63) is 60.6 Å². The summed E-state index contributed by atoms with van der Waals surface area (Å²) in [7, 11) is 0. The summed E-state index contributed by atoms with van der Waals surface area (Å²) in [6, 6.07) is 7.87. The van der Waals surface area contributed by atoms with Crippen LogP contribution in [0.4, 0.5) is 26.1 Å². The number of nitrogens with two attached hydrogens (primary N) is 1. The van der Waals surface area contributed by atoms with Gasteiger partial charge in [-0.1, -0.05) is 13.8 Å². The number of anilines is 3. The fraction of sp³-hybridized carbons (Fsp3) is 0.433. The minimum absolute atomic E-state index is 0.0375. The molecule has 0 saturated carbocycles. The SMILES string of the molecule is CCNC1C(C)CN(c2ccncc2Nc2ncc3ccc(-c4c(F)cc(OC5CCOCC5)cc4F)nn23)CC1N. The topological polar surface area (TPSA) is 115 Å². The van der Waals surface area contributed by atoms with E-state index in [2.05, 4.69) is 44.4 Å². The lowest BCUT2D eigenvalue weighted by molar-refractivity contribution is 0.0253. The van der Waals surface area contributed by atoms with Gasteiger partial charge in [0.2, 0.25) is 5.95 Å². The quantitative estimate of drug-likeness (QED) is 0.284. The first-order valence-corrected chi connectivity index (χ1v) is 14.4. The number of likely N-dealkylation sites (N-methyl/N-ethyl adjacent to an activating group) is 1. The van der Waals surface area contributed by atoms with Crippen LogP contribution in [0, 0.1) is 17.6 Å². The average Bonchev–Trinajstić information content (AvgIpc) is 3.37. The molecule has 10 nitrogen and oxygen atoms in total. The summed E-state index contributed by atoms with van der Waals surface area (Å²) < 4.78 is 43.2. The Morgan fingerprint density at radius 2 is 1.88 bits per heavy atom. The summed E-state index contributed by atoms with van der Waals surface area (Å²) in [5.74, 6) is -0.621. The number of pyridine rings is 1. The lowest BCUT2D eigenvalue weighted by Gasteiger charge is -2.43. The number of aromatic nitrogens is 4. The van der Waals surface area contributed by atoms with Gasteiger partial charge in [0.25, 0.3) is 0 Å². The molecule has 2 fully saturated rings. The Morgan fingerprint density at radius 3 is 2.62 bits per heavy atom. The van der Waals surface area contributed by atoms with E-state index >= 15 is 8.78 Å². The Labute approximate surface area is 243 Å². The van der Waals surface area contributed by atoms with Crippen LogP contribution < -0.4 is 26.0 Å². The van der Waals surface area contributed by atoms with Crippen molar-refractivity contribution in [1.82, 2.24) is 24.9 Å². The van der Waals surface area contributed by atoms with Gasteiger partial charge in [0, 0.05) is 56.3 Å². The maximum atomic E-state index is 15.3. The molecule has 4 aromatic rings. The molecule has 1 aromatic carbocycles. The third kappa shape index (κ3) is 5.74. The van der Waals surface area contributed by atoms with Gasteiger partial charge in [-0.2, -0.15) is 9.61 Å². The second-order valence-electron chi connectivity index (χ2n) is 11.0. The summed E-state index contributed by atoms with van der Waals surface area (Å²) in [5, 5.41) is 11.4. The van der Waals surface area contributed by atoms with Crippen molar-refractivity contribution in [2.75, 3.05) is 43.1 Å². The smallest absolute Gasteiger partial charge is 0.229 e. The van der Waals surface area contributed by atoms with Crippen LogP contribution in [0.15, 0.2) is 48.9 Å². The van der Waals surface area contributed by atoms with Crippen molar-refractivity contribution >= 4 is 22.8 Å². The molecular weight excluding hydrogens is 542 g/mol. The number of rotatable bonds is 8. The molecule has 3 atom stereocenters. The zero-order valence-corrected chi connectivity index (χ0v) is 23.8. The number of nitrogens with zero attached hydrogens (tertiary/aromatic N) is 5. The molecule has 3 unspecified atom stereocenters. The minimum Gasteiger partial charge on any atom is -0.490 e. The number of imidazole rings is 1. The highest BCUT2D eigenvalue weighted by Crippen LogP contribution is 2.33. The summed E-state index contributed by atoms with van der Waals surface area (Å²) in [5.41, 5.74) is 8.78. The fourth-order valence-corrected chi connectivity index (χ4v) is 5.94. The highest BCUT2D eigenvalue weighted by Gasteiger charge is 2.32. The molecule has 12 heteroatoms. The summed E-state index contributed by atoms with van der Waals surface area (Å²) in [4.78, 5) is 11.1. The third-order valence-electron chi connectivity index (χ3n) is 7.97. The van der Waals surface area contributed by atoms with E-state index in [1.165, 1.54) is 16.6 Å². The van der Waals surface area contributed by atoms with Crippen LogP contribution in [0.25, 0.3) is 16.8 Å². The van der Waals surface area contributed by atoms with Gasteiger partial charge < -0.3 is 30.7 Å². The molecule has 0 bridgehead atoms. The fourth-order valence-electron chi connectivity index (χ4n) is 5.94. The largest absolute Gasteiger partial charge is 0.490 e. The van der Waals surface area contributed by atoms with Crippen molar-refractivity contribution in [2.24, 2.45) is 11.7 Å². The van der Waals surface area contributed by atoms with Crippen LogP contribution in [0.1, 0.15) is 26.7 Å². The summed E-state index contributed by atoms with van der Waals surface area (Å²) in [6.45, 7) is 7.80. The molecule has 4 N–H and O–H groups in total. The van der Waals surface area contributed by atoms with Gasteiger partial charge in [-0.05, 0) is 30.7 Å². The molecule has 5 heterocycles. The van der Waals surface area contributed by atoms with E-state index in [9.17, 15) is 0 Å². The molecule has 0 aliphatic carbocycles. The summed E-state index contributed by atoms with van der Waals surface area (Å²) in [6.07, 6.45) is 6.34. The first-order valence-electron chi connectivity index (χ1n) is 14.4. The number of piperidine rings is 1. The zero-order valence-electron chi connectivity index (χ0n) is 23.8. The van der Waals surface area contributed by atoms with E-state index in [1.54, 1.807) is 30.7 Å². The van der Waals surface area contributed by atoms with Gasteiger partial charge in [0.1, 0.15) is 23.5 Å². The van der Waals surface area contributed by atoms with Crippen LogP contribution in [0.3, 0.4) is 0 Å². The Bertz CT molecular complexity index is 1510. The number of hydrogen-bond acceptors (Lipinski definition) is 9. The van der Waals surface area contributed by atoms with Gasteiger partial charge in [-0.15, -0.1) is 0 Å². The normalized spacial score (nSPS) is 21.5. The van der Waals surface area contributed by atoms with Gasteiger partial charge in [-0.25, -0.2) is 13.8 Å². The molecule has 6 rings (SSSR count). The predicted molar refractivity (Wildman–Crippen MR) is 157 cm³/mol. The highest BCUT2D eigenvalue weighted by molar-refractivity contribution is 5.74. The van der Waals surface area contributed by atoms with Crippen LogP contribution >= 0.6 is 0 Å². The molecule has 0 amide bonds. The van der Waals surface area contributed by atoms with Gasteiger partial charge >= 0.3 is 0 Å². The highest BCUT2D eigenvalue weighted by atomic mass is 19.1. The van der Waals surface area contributed by atoms with Crippen molar-refractivity contribution in [3.63, 3.8) is 0 Å². The molecule has 42 heavy (non-hydrogen) atoms. The van der Waals surface area contributed by atoms with Crippen molar-refractivity contribution in [1.29, 1.82) is 0 Å². The number of fused-ring (bicyclic) bond motifs is 1. The second kappa shape index (κ2) is 12.2. The molecule has 3 aromatic heterocycles. The molecule has 2 aliphatic heterocycles. The Hall–Kier alpha value is -3.87. The third-order valence-corrected chi connectivity index (χ3v) is 7.97. The van der Waals surface area contributed by atoms with E-state index in [-0.39, 0.29) is 35.2 Å². The van der Waals surface area contributed by atoms with Crippen LogP contribution in [0.2, 0.25) is 0 Å². The number of ether oxygens (including phenoxy) is 2. The molecule has 2 saturated heterocycles. The van der Waals surface area contributed by atoms with Gasteiger partial charge in [0.05, 0.1) is 53.8 Å². The minimum atomic E-state index is -0.750. The molecular formula is C30H36F2N8O2. The first-order chi connectivity index (χ1) is 20.4. The second-order valence-corrected chi connectivity index (χ2v) is 11.0. The average molecular weight is 579 g/mol. The van der Waals surface area contributed by atoms with Crippen molar-refractivity contribution in [3.8, 4) is 17.0 Å². The maximum Gasteiger partial charge on any atom is 0.229 e. The van der Waals surface area contributed by atoms with Crippen molar-refractivity contribution in [2.45, 2.75) is 44.9 Å². The van der Waals surface area contributed by atoms with E-state index < -0.39 is 11.6 Å². The van der Waals surface area contributed by atoms with E-state index in [0.717, 1.165) is 24.5 Å². The lowest BCUT2D eigenvalue weighted by atomic mass is 9.89. The molecule has 222 valence electrons. The standard InChI is InChI=1S/C30H36F2N8O2/c1-3-35-29-18(2)16-39(17-24(29)33)27-6-9-34-15-26(27)37-30-36-14-19-4-5-25(38-40(19)30)28-22(31)12-21(13-23(28)32)42-20-7-10-41-11-8-20/h4-6,9,12-15,18,20,24,29,35H,3,7-8,10-11,16-17,33H2,1-2H3,(H,36,37). The summed E-state index contributed by atoms with van der Waals surface area (Å²) >= 11 is 0. The maximum absolute atomic E-state index is 15.3. The Balaban J connectivity index is 1.26. The number of nitrogens with one attached hydrogen (secondary N) is 2. The molecule has 2 aliphatic rings.